The summed E-state index contributed by atoms with van der Waals surface area (Å²) in [5.74, 6) is 0.173. The topological polar surface area (TPSA) is 40.6 Å². The lowest BCUT2D eigenvalue weighted by Crippen LogP contribution is -2.48. The highest BCUT2D eigenvalue weighted by Gasteiger charge is 2.31. The Balaban J connectivity index is 1.75. The molecule has 142 valence electrons. The molecular formula is C22H32N2O2. The summed E-state index contributed by atoms with van der Waals surface area (Å²) in [6.45, 7) is 8.52. The van der Waals surface area contributed by atoms with Crippen molar-refractivity contribution in [3.05, 3.63) is 35.4 Å². The highest BCUT2D eigenvalue weighted by Crippen LogP contribution is 2.26. The van der Waals surface area contributed by atoms with Crippen molar-refractivity contribution in [3.8, 4) is 0 Å². The van der Waals surface area contributed by atoms with Gasteiger partial charge in [0, 0.05) is 35.3 Å². The number of benzene rings is 1. The van der Waals surface area contributed by atoms with Crippen LogP contribution in [0.15, 0.2) is 24.3 Å². The van der Waals surface area contributed by atoms with Crippen LogP contribution in [0.4, 0.5) is 0 Å². The fourth-order valence-electron chi connectivity index (χ4n) is 4.70. The van der Waals surface area contributed by atoms with Gasteiger partial charge in [-0.15, -0.1) is 0 Å². The molecule has 0 spiro atoms. The van der Waals surface area contributed by atoms with Gasteiger partial charge in [-0.05, 0) is 90.5 Å². The standard InChI is InChI=1S/C22H32N2O2/c1-15-7-5-8-16(2)23(15)21(25)19-11-13-20(14-12-19)22(26)24-17(3)9-6-10-18(24)4/h11-18H,5-10H2,1-4H3/t15-,16+,17-,18+. The van der Waals surface area contributed by atoms with Gasteiger partial charge < -0.3 is 9.80 Å². The largest absolute Gasteiger partial charge is 0.333 e. The van der Waals surface area contributed by atoms with Crippen LogP contribution in [0.25, 0.3) is 0 Å². The van der Waals surface area contributed by atoms with Gasteiger partial charge in [0.15, 0.2) is 0 Å². The highest BCUT2D eigenvalue weighted by molar-refractivity contribution is 5.98. The molecule has 1 aromatic carbocycles. The summed E-state index contributed by atoms with van der Waals surface area (Å²) < 4.78 is 0. The molecule has 2 amide bonds. The Morgan fingerprint density at radius 3 is 1.19 bits per heavy atom. The quantitative estimate of drug-likeness (QED) is 0.783. The zero-order chi connectivity index (χ0) is 18.8. The Morgan fingerprint density at radius 1 is 0.654 bits per heavy atom. The molecule has 0 aliphatic carbocycles. The van der Waals surface area contributed by atoms with Gasteiger partial charge >= 0.3 is 0 Å². The van der Waals surface area contributed by atoms with Crippen LogP contribution < -0.4 is 0 Å². The zero-order valence-electron chi connectivity index (χ0n) is 16.6. The number of hydrogen-bond acceptors (Lipinski definition) is 2. The van der Waals surface area contributed by atoms with E-state index >= 15 is 0 Å². The predicted octanol–water partition coefficient (Wildman–Crippen LogP) is 4.49. The number of carbonyl (C=O) groups is 2. The molecule has 0 bridgehead atoms. The van der Waals surface area contributed by atoms with E-state index in [1.807, 2.05) is 34.1 Å². The minimum absolute atomic E-state index is 0.0865. The molecule has 4 heteroatoms. The summed E-state index contributed by atoms with van der Waals surface area (Å²) in [6, 6.07) is 8.41. The second kappa shape index (κ2) is 7.81. The van der Waals surface area contributed by atoms with E-state index in [0.29, 0.717) is 11.1 Å². The molecule has 1 aromatic rings. The van der Waals surface area contributed by atoms with E-state index in [9.17, 15) is 9.59 Å². The van der Waals surface area contributed by atoms with E-state index in [0.717, 1.165) is 25.7 Å². The van der Waals surface area contributed by atoms with Gasteiger partial charge in [-0.25, -0.2) is 0 Å². The fourth-order valence-corrected chi connectivity index (χ4v) is 4.70. The number of nitrogens with zero attached hydrogens (tertiary/aromatic N) is 2. The normalized spacial score (nSPS) is 29.5. The minimum Gasteiger partial charge on any atom is -0.333 e. The van der Waals surface area contributed by atoms with Crippen molar-refractivity contribution >= 4 is 11.8 Å². The molecule has 4 atom stereocenters. The lowest BCUT2D eigenvalue weighted by Gasteiger charge is -2.39. The molecule has 0 aromatic heterocycles. The third-order valence-corrected chi connectivity index (χ3v) is 6.23. The van der Waals surface area contributed by atoms with Gasteiger partial charge in [0.1, 0.15) is 0 Å². The summed E-state index contributed by atoms with van der Waals surface area (Å²) in [7, 11) is 0. The van der Waals surface area contributed by atoms with Gasteiger partial charge in [-0.3, -0.25) is 9.59 Å². The predicted molar refractivity (Wildman–Crippen MR) is 104 cm³/mol. The first-order chi connectivity index (χ1) is 12.4. The van der Waals surface area contributed by atoms with Crippen molar-refractivity contribution in [2.45, 2.75) is 90.4 Å². The summed E-state index contributed by atoms with van der Waals surface area (Å²) in [5.41, 5.74) is 1.36. The van der Waals surface area contributed by atoms with Gasteiger partial charge in [0.05, 0.1) is 0 Å². The average molecular weight is 357 g/mol. The van der Waals surface area contributed by atoms with Crippen LogP contribution in [0.2, 0.25) is 0 Å². The first-order valence-electron chi connectivity index (χ1n) is 10.2. The minimum atomic E-state index is 0.0865. The van der Waals surface area contributed by atoms with Crippen LogP contribution in [0.1, 0.15) is 86.9 Å². The summed E-state index contributed by atoms with van der Waals surface area (Å²) in [5, 5.41) is 0. The lowest BCUT2D eigenvalue weighted by atomic mass is 9.95. The second-order valence-electron chi connectivity index (χ2n) is 8.26. The number of amides is 2. The van der Waals surface area contributed by atoms with E-state index in [-0.39, 0.29) is 36.0 Å². The summed E-state index contributed by atoms with van der Waals surface area (Å²) >= 11 is 0. The molecule has 0 saturated carbocycles. The average Bonchev–Trinajstić information content (AvgIpc) is 2.61. The number of carbonyl (C=O) groups excluding carboxylic acids is 2. The number of hydrogen-bond donors (Lipinski definition) is 0. The molecular weight excluding hydrogens is 324 g/mol. The van der Waals surface area contributed by atoms with Gasteiger partial charge in [-0.1, -0.05) is 0 Å². The SMILES string of the molecule is C[C@@H]1CCC[C@H](C)N1C(=O)c1ccc(C(=O)N2[C@H](C)CCC[C@@H]2C)cc1. The fraction of sp³-hybridized carbons (Fsp3) is 0.636. The molecule has 0 radical (unpaired) electrons. The Bertz CT molecular complexity index is 578. The smallest absolute Gasteiger partial charge is 0.254 e. The molecule has 2 aliphatic rings. The van der Waals surface area contributed by atoms with E-state index in [2.05, 4.69) is 27.7 Å². The maximum absolute atomic E-state index is 12.9. The van der Waals surface area contributed by atoms with Crippen molar-refractivity contribution < 1.29 is 9.59 Å². The number of rotatable bonds is 2. The van der Waals surface area contributed by atoms with Crippen LogP contribution >= 0.6 is 0 Å². The maximum Gasteiger partial charge on any atom is 0.254 e. The molecule has 2 fully saturated rings. The third-order valence-electron chi connectivity index (χ3n) is 6.23. The second-order valence-corrected chi connectivity index (χ2v) is 8.26. The Morgan fingerprint density at radius 2 is 0.923 bits per heavy atom. The lowest BCUT2D eigenvalue weighted by molar-refractivity contribution is 0.0497. The highest BCUT2D eigenvalue weighted by atomic mass is 16.2. The van der Waals surface area contributed by atoms with Crippen molar-refractivity contribution in [1.29, 1.82) is 0 Å². The third kappa shape index (κ3) is 3.65. The van der Waals surface area contributed by atoms with Crippen LogP contribution in [0.5, 0.6) is 0 Å². The van der Waals surface area contributed by atoms with Gasteiger partial charge in [-0.2, -0.15) is 0 Å². The summed E-state index contributed by atoms with van der Waals surface area (Å²) in [6.07, 6.45) is 6.64. The molecule has 2 aliphatic heterocycles. The Labute approximate surface area is 157 Å². The number of likely N-dealkylation sites (tertiary alicyclic amines) is 2. The number of piperidine rings is 2. The van der Waals surface area contributed by atoms with Crippen LogP contribution in [0, 0.1) is 0 Å². The zero-order valence-corrected chi connectivity index (χ0v) is 16.6. The summed E-state index contributed by atoms with van der Waals surface area (Å²) in [4.78, 5) is 29.9. The molecule has 0 N–H and O–H groups in total. The maximum atomic E-state index is 12.9. The van der Waals surface area contributed by atoms with Crippen molar-refractivity contribution in [3.63, 3.8) is 0 Å². The van der Waals surface area contributed by atoms with Crippen molar-refractivity contribution in [1.82, 2.24) is 9.80 Å². The first kappa shape index (κ1) is 18.9. The van der Waals surface area contributed by atoms with E-state index in [4.69, 9.17) is 0 Å². The van der Waals surface area contributed by atoms with E-state index in [1.165, 1.54) is 12.8 Å². The van der Waals surface area contributed by atoms with Gasteiger partial charge in [0.2, 0.25) is 0 Å². The van der Waals surface area contributed by atoms with Crippen LogP contribution in [-0.4, -0.2) is 45.8 Å². The monoisotopic (exact) mass is 356 g/mol. The molecule has 0 unspecified atom stereocenters. The molecule has 2 saturated heterocycles. The Kier molecular flexibility index (Phi) is 5.69. The molecule has 2 heterocycles. The van der Waals surface area contributed by atoms with Crippen LogP contribution in [-0.2, 0) is 0 Å². The molecule has 26 heavy (non-hydrogen) atoms. The van der Waals surface area contributed by atoms with Gasteiger partial charge in [0.25, 0.3) is 11.8 Å². The van der Waals surface area contributed by atoms with E-state index in [1.54, 1.807) is 0 Å². The van der Waals surface area contributed by atoms with Crippen molar-refractivity contribution in [2.24, 2.45) is 0 Å². The van der Waals surface area contributed by atoms with E-state index < -0.39 is 0 Å². The van der Waals surface area contributed by atoms with Crippen molar-refractivity contribution in [2.75, 3.05) is 0 Å². The molecule has 3 rings (SSSR count). The Hall–Kier alpha value is -1.84. The first-order valence-corrected chi connectivity index (χ1v) is 10.2. The molecule has 4 nitrogen and oxygen atoms in total. The van der Waals surface area contributed by atoms with Crippen LogP contribution in [0.3, 0.4) is 0 Å².